The van der Waals surface area contributed by atoms with Crippen LogP contribution in [0, 0.1) is 0 Å². The molecule has 1 fully saturated rings. The molecule has 104 valence electrons. The molecule has 2 aromatic rings. The number of thioether (sulfide) groups is 1. The second-order valence-corrected chi connectivity index (χ2v) is 5.83. The molecule has 0 saturated heterocycles. The average molecular weight is 310 g/mol. The van der Waals surface area contributed by atoms with Gasteiger partial charge < -0.3 is 9.73 Å². The standard InChI is InChI=1S/C13H12ClN3O2S/c14-9-3-1-2-4-10(9)15-11(18)7-20-13-17-16-12(19-13)8-5-6-8/h1-4,8H,5-7H2,(H,15,18). The van der Waals surface area contributed by atoms with E-state index in [1.165, 1.54) is 11.8 Å². The van der Waals surface area contributed by atoms with E-state index in [-0.39, 0.29) is 11.7 Å². The molecule has 0 radical (unpaired) electrons. The Morgan fingerprint density at radius 1 is 1.40 bits per heavy atom. The highest BCUT2D eigenvalue weighted by atomic mass is 35.5. The van der Waals surface area contributed by atoms with Crippen molar-refractivity contribution in [2.45, 2.75) is 24.0 Å². The number of hydrogen-bond donors (Lipinski definition) is 1. The number of amides is 1. The lowest BCUT2D eigenvalue weighted by Crippen LogP contribution is -2.14. The fourth-order valence-electron chi connectivity index (χ4n) is 1.65. The smallest absolute Gasteiger partial charge is 0.277 e. The first-order valence-corrected chi connectivity index (χ1v) is 7.59. The lowest BCUT2D eigenvalue weighted by atomic mass is 10.3. The number of nitrogens with one attached hydrogen (secondary N) is 1. The Kier molecular flexibility index (Phi) is 3.93. The number of aromatic nitrogens is 2. The van der Waals surface area contributed by atoms with Crippen molar-refractivity contribution in [1.29, 1.82) is 0 Å². The number of carbonyl (C=O) groups excluding carboxylic acids is 1. The van der Waals surface area contributed by atoms with Gasteiger partial charge in [-0.05, 0) is 25.0 Å². The average Bonchev–Trinajstić information content (AvgIpc) is 3.18. The Labute approximate surface area is 125 Å². The number of para-hydroxylation sites is 1. The van der Waals surface area contributed by atoms with Crippen LogP contribution in [0.25, 0.3) is 0 Å². The summed E-state index contributed by atoms with van der Waals surface area (Å²) in [5.74, 6) is 1.15. The molecular weight excluding hydrogens is 298 g/mol. The molecule has 3 rings (SSSR count). The summed E-state index contributed by atoms with van der Waals surface area (Å²) in [6.07, 6.45) is 2.22. The highest BCUT2D eigenvalue weighted by molar-refractivity contribution is 7.99. The minimum absolute atomic E-state index is 0.158. The molecule has 1 amide bonds. The lowest BCUT2D eigenvalue weighted by Gasteiger charge is -2.05. The summed E-state index contributed by atoms with van der Waals surface area (Å²) in [4.78, 5) is 11.8. The molecule has 7 heteroatoms. The van der Waals surface area contributed by atoms with Gasteiger partial charge in [0.15, 0.2) is 0 Å². The van der Waals surface area contributed by atoms with Gasteiger partial charge >= 0.3 is 0 Å². The van der Waals surface area contributed by atoms with Gasteiger partial charge in [-0.15, -0.1) is 10.2 Å². The molecule has 1 saturated carbocycles. The predicted octanol–water partition coefficient (Wildman–Crippen LogP) is 3.33. The minimum atomic E-state index is -0.158. The fraction of sp³-hybridized carbons (Fsp3) is 0.308. The minimum Gasteiger partial charge on any atom is -0.416 e. The third-order valence-corrected chi connectivity index (χ3v) is 3.97. The SMILES string of the molecule is O=C(CSc1nnc(C2CC2)o1)Nc1ccccc1Cl. The van der Waals surface area contributed by atoms with Crippen LogP contribution in [0.1, 0.15) is 24.7 Å². The summed E-state index contributed by atoms with van der Waals surface area (Å²) in [6, 6.07) is 7.10. The zero-order chi connectivity index (χ0) is 13.9. The Morgan fingerprint density at radius 2 is 2.20 bits per heavy atom. The topological polar surface area (TPSA) is 68.0 Å². The van der Waals surface area contributed by atoms with E-state index in [1.807, 2.05) is 12.1 Å². The first-order chi connectivity index (χ1) is 9.72. The number of carbonyl (C=O) groups is 1. The third-order valence-electron chi connectivity index (χ3n) is 2.82. The second kappa shape index (κ2) is 5.85. The van der Waals surface area contributed by atoms with Crippen LogP contribution in [0.15, 0.2) is 33.9 Å². The molecule has 1 heterocycles. The van der Waals surface area contributed by atoms with Gasteiger partial charge in [0, 0.05) is 5.92 Å². The number of hydrogen-bond acceptors (Lipinski definition) is 5. The van der Waals surface area contributed by atoms with Gasteiger partial charge in [0.1, 0.15) is 0 Å². The van der Waals surface area contributed by atoms with Gasteiger partial charge in [-0.1, -0.05) is 35.5 Å². The van der Waals surface area contributed by atoms with Crippen molar-refractivity contribution >= 4 is 35.0 Å². The van der Waals surface area contributed by atoms with Crippen molar-refractivity contribution in [3.8, 4) is 0 Å². The van der Waals surface area contributed by atoms with Crippen LogP contribution in [0.3, 0.4) is 0 Å². The van der Waals surface area contributed by atoms with Crippen LogP contribution in [0.4, 0.5) is 5.69 Å². The van der Waals surface area contributed by atoms with Crippen LogP contribution in [-0.2, 0) is 4.79 Å². The largest absolute Gasteiger partial charge is 0.416 e. The Morgan fingerprint density at radius 3 is 2.95 bits per heavy atom. The van der Waals surface area contributed by atoms with E-state index in [9.17, 15) is 4.79 Å². The normalized spacial score (nSPS) is 14.2. The number of nitrogens with zero attached hydrogens (tertiary/aromatic N) is 2. The van der Waals surface area contributed by atoms with Crippen LogP contribution in [0.2, 0.25) is 5.02 Å². The monoisotopic (exact) mass is 309 g/mol. The molecule has 1 aromatic carbocycles. The van der Waals surface area contributed by atoms with Crippen molar-refractivity contribution in [2.24, 2.45) is 0 Å². The maximum Gasteiger partial charge on any atom is 0.277 e. The summed E-state index contributed by atoms with van der Waals surface area (Å²) < 4.78 is 5.47. The summed E-state index contributed by atoms with van der Waals surface area (Å²) in [5, 5.41) is 11.6. The maximum absolute atomic E-state index is 11.8. The van der Waals surface area contributed by atoms with Crippen molar-refractivity contribution in [3.63, 3.8) is 0 Å². The van der Waals surface area contributed by atoms with E-state index >= 15 is 0 Å². The molecule has 1 aliphatic carbocycles. The van der Waals surface area contributed by atoms with Crippen molar-refractivity contribution in [1.82, 2.24) is 10.2 Å². The lowest BCUT2D eigenvalue weighted by molar-refractivity contribution is -0.113. The molecule has 0 spiro atoms. The van der Waals surface area contributed by atoms with Crippen LogP contribution in [0.5, 0.6) is 0 Å². The third kappa shape index (κ3) is 3.32. The van der Waals surface area contributed by atoms with E-state index < -0.39 is 0 Å². The number of anilines is 1. The molecular formula is C13H12ClN3O2S. The highest BCUT2D eigenvalue weighted by Crippen LogP contribution is 2.39. The molecule has 1 aromatic heterocycles. The summed E-state index contributed by atoms with van der Waals surface area (Å²) in [7, 11) is 0. The van der Waals surface area contributed by atoms with Gasteiger partial charge in [-0.2, -0.15) is 0 Å². The van der Waals surface area contributed by atoms with Gasteiger partial charge in [-0.3, -0.25) is 4.79 Å². The molecule has 20 heavy (non-hydrogen) atoms. The first-order valence-electron chi connectivity index (χ1n) is 6.23. The molecule has 0 aliphatic heterocycles. The molecule has 0 atom stereocenters. The summed E-state index contributed by atoms with van der Waals surface area (Å²) in [5.41, 5.74) is 0.601. The highest BCUT2D eigenvalue weighted by Gasteiger charge is 2.29. The fourth-order valence-corrected chi connectivity index (χ4v) is 2.40. The zero-order valence-corrected chi connectivity index (χ0v) is 12.1. The number of rotatable bonds is 5. The van der Waals surface area contributed by atoms with Gasteiger partial charge in [0.25, 0.3) is 5.22 Å². The van der Waals surface area contributed by atoms with Crippen molar-refractivity contribution in [3.05, 3.63) is 35.2 Å². The molecule has 0 bridgehead atoms. The Bertz CT molecular complexity index is 628. The van der Waals surface area contributed by atoms with Crippen LogP contribution in [-0.4, -0.2) is 21.9 Å². The van der Waals surface area contributed by atoms with Crippen molar-refractivity contribution < 1.29 is 9.21 Å². The molecule has 1 N–H and O–H groups in total. The maximum atomic E-state index is 11.8. The van der Waals surface area contributed by atoms with E-state index in [1.54, 1.807) is 12.1 Å². The van der Waals surface area contributed by atoms with Crippen molar-refractivity contribution in [2.75, 3.05) is 11.1 Å². The first kappa shape index (κ1) is 13.5. The zero-order valence-electron chi connectivity index (χ0n) is 10.5. The van der Waals surface area contributed by atoms with Gasteiger partial charge in [-0.25, -0.2) is 0 Å². The van der Waals surface area contributed by atoms with E-state index in [0.29, 0.717) is 27.7 Å². The molecule has 0 unspecified atom stereocenters. The second-order valence-electron chi connectivity index (χ2n) is 4.50. The number of benzene rings is 1. The summed E-state index contributed by atoms with van der Waals surface area (Å²) in [6.45, 7) is 0. The Balaban J connectivity index is 1.52. The molecule has 1 aliphatic rings. The summed E-state index contributed by atoms with van der Waals surface area (Å²) >= 11 is 7.19. The van der Waals surface area contributed by atoms with Crippen LogP contribution < -0.4 is 5.32 Å². The van der Waals surface area contributed by atoms with E-state index in [0.717, 1.165) is 12.8 Å². The molecule has 5 nitrogen and oxygen atoms in total. The van der Waals surface area contributed by atoms with Gasteiger partial charge in [0.05, 0.1) is 16.5 Å². The van der Waals surface area contributed by atoms with E-state index in [2.05, 4.69) is 15.5 Å². The number of halogens is 1. The Hall–Kier alpha value is -1.53. The van der Waals surface area contributed by atoms with Crippen LogP contribution >= 0.6 is 23.4 Å². The predicted molar refractivity (Wildman–Crippen MR) is 77.1 cm³/mol. The van der Waals surface area contributed by atoms with Gasteiger partial charge in [0.2, 0.25) is 11.8 Å². The quantitative estimate of drug-likeness (QED) is 0.858. The van der Waals surface area contributed by atoms with E-state index in [4.69, 9.17) is 16.0 Å².